The number of carboxylic acids is 1. The van der Waals surface area contributed by atoms with E-state index in [2.05, 4.69) is 5.32 Å². The second-order valence-electron chi connectivity index (χ2n) is 4.89. The van der Waals surface area contributed by atoms with Crippen molar-refractivity contribution < 1.29 is 19.4 Å². The first-order valence-electron chi connectivity index (χ1n) is 6.81. The Morgan fingerprint density at radius 3 is 2.65 bits per heavy atom. The number of ether oxygens (including phenoxy) is 1. The van der Waals surface area contributed by atoms with Gasteiger partial charge in [-0.05, 0) is 44.7 Å². The lowest BCUT2D eigenvalue weighted by atomic mass is 10.0. The zero-order valence-corrected chi connectivity index (χ0v) is 12.3. The van der Waals surface area contributed by atoms with Crippen molar-refractivity contribution in [3.8, 4) is 0 Å². The van der Waals surface area contributed by atoms with Gasteiger partial charge in [-0.3, -0.25) is 4.79 Å². The number of rotatable bonds is 6. The monoisotopic (exact) mass is 297 g/mol. The second-order valence-corrected chi connectivity index (χ2v) is 6.06. The van der Waals surface area contributed by atoms with Gasteiger partial charge in [0.1, 0.15) is 10.5 Å². The van der Waals surface area contributed by atoms with Crippen molar-refractivity contribution in [1.82, 2.24) is 5.32 Å². The molecule has 6 heteroatoms. The van der Waals surface area contributed by atoms with Gasteiger partial charge in [-0.25, -0.2) is 4.79 Å². The average Bonchev–Trinajstić information content (AvgIpc) is 3.06. The van der Waals surface area contributed by atoms with Crippen LogP contribution in [0, 0.1) is 0 Å². The molecule has 0 aliphatic heterocycles. The first kappa shape index (κ1) is 15.0. The highest BCUT2D eigenvalue weighted by molar-refractivity contribution is 7.13. The van der Waals surface area contributed by atoms with Crippen molar-refractivity contribution in [2.45, 2.75) is 44.8 Å². The van der Waals surface area contributed by atoms with Crippen molar-refractivity contribution >= 4 is 23.2 Å². The molecular formula is C14H19NO4S. The Labute approximate surface area is 121 Å². The number of carbonyl (C=O) groups excluding carboxylic acids is 1. The maximum Gasteiger partial charge on any atom is 0.345 e. The maximum atomic E-state index is 12.3. The van der Waals surface area contributed by atoms with Gasteiger partial charge in [-0.15, -0.1) is 11.3 Å². The number of thiophene rings is 1. The highest BCUT2D eigenvalue weighted by Gasteiger charge is 2.41. The van der Waals surface area contributed by atoms with Gasteiger partial charge in [0.2, 0.25) is 0 Å². The molecule has 0 saturated heterocycles. The lowest BCUT2D eigenvalue weighted by Crippen LogP contribution is -2.46. The molecule has 2 N–H and O–H groups in total. The minimum Gasteiger partial charge on any atom is -0.477 e. The summed E-state index contributed by atoms with van der Waals surface area (Å²) in [6.45, 7) is 2.77. The standard InChI is InChI=1S/C14H19NO4S/c1-2-19-14(7-3-4-8-14)13(18)15-9-10-5-6-11(20-10)12(16)17/h5-6H,2-4,7-9H2,1H3,(H,15,18)(H,16,17). The van der Waals surface area contributed by atoms with Gasteiger partial charge < -0.3 is 15.2 Å². The van der Waals surface area contributed by atoms with Crippen LogP contribution in [0.25, 0.3) is 0 Å². The molecule has 1 amide bonds. The molecule has 20 heavy (non-hydrogen) atoms. The Morgan fingerprint density at radius 1 is 1.40 bits per heavy atom. The topological polar surface area (TPSA) is 75.6 Å². The Kier molecular flexibility index (Phi) is 4.77. The minimum atomic E-state index is -0.936. The van der Waals surface area contributed by atoms with Gasteiger partial charge in [-0.2, -0.15) is 0 Å². The summed E-state index contributed by atoms with van der Waals surface area (Å²) < 4.78 is 5.68. The van der Waals surface area contributed by atoms with Crippen molar-refractivity contribution in [3.05, 3.63) is 21.9 Å². The largest absolute Gasteiger partial charge is 0.477 e. The molecular weight excluding hydrogens is 278 g/mol. The summed E-state index contributed by atoms with van der Waals surface area (Å²) in [5.41, 5.74) is -0.679. The van der Waals surface area contributed by atoms with Gasteiger partial charge in [0.25, 0.3) is 5.91 Å². The quantitative estimate of drug-likeness (QED) is 0.845. The zero-order valence-electron chi connectivity index (χ0n) is 11.5. The molecule has 0 atom stereocenters. The van der Waals surface area contributed by atoms with Crippen molar-refractivity contribution in [2.24, 2.45) is 0 Å². The molecule has 0 spiro atoms. The number of carbonyl (C=O) groups is 2. The first-order chi connectivity index (χ1) is 9.57. The normalized spacial score (nSPS) is 17.1. The van der Waals surface area contributed by atoms with Gasteiger partial charge in [0.05, 0.1) is 6.54 Å². The van der Waals surface area contributed by atoms with Crippen LogP contribution in [-0.4, -0.2) is 29.2 Å². The lowest BCUT2D eigenvalue weighted by Gasteiger charge is -2.27. The van der Waals surface area contributed by atoms with Crippen LogP contribution in [0.4, 0.5) is 0 Å². The predicted molar refractivity (Wildman–Crippen MR) is 76.0 cm³/mol. The van der Waals surface area contributed by atoms with Crippen LogP contribution in [0.5, 0.6) is 0 Å². The summed E-state index contributed by atoms with van der Waals surface area (Å²) in [5, 5.41) is 11.7. The third-order valence-corrected chi connectivity index (χ3v) is 4.61. The first-order valence-corrected chi connectivity index (χ1v) is 7.63. The Morgan fingerprint density at radius 2 is 2.10 bits per heavy atom. The summed E-state index contributed by atoms with van der Waals surface area (Å²) in [4.78, 5) is 24.2. The molecule has 1 aromatic rings. The Hall–Kier alpha value is -1.40. The molecule has 0 radical (unpaired) electrons. The molecule has 1 fully saturated rings. The molecule has 1 saturated carbocycles. The van der Waals surface area contributed by atoms with Gasteiger partial charge in [-0.1, -0.05) is 0 Å². The average molecular weight is 297 g/mol. The number of carboxylic acid groups (broad SMARTS) is 1. The van der Waals surface area contributed by atoms with E-state index in [0.29, 0.717) is 13.2 Å². The van der Waals surface area contributed by atoms with Crippen LogP contribution >= 0.6 is 11.3 Å². The van der Waals surface area contributed by atoms with Crippen molar-refractivity contribution in [1.29, 1.82) is 0 Å². The number of nitrogens with one attached hydrogen (secondary N) is 1. The van der Waals surface area contributed by atoms with Crippen LogP contribution in [0.1, 0.15) is 47.2 Å². The summed E-state index contributed by atoms with van der Waals surface area (Å²) in [5.74, 6) is -1.02. The lowest BCUT2D eigenvalue weighted by molar-refractivity contribution is -0.146. The predicted octanol–water partition coefficient (Wildman–Crippen LogP) is 2.41. The molecule has 1 aliphatic carbocycles. The Balaban J connectivity index is 1.95. The fourth-order valence-electron chi connectivity index (χ4n) is 2.58. The second kappa shape index (κ2) is 6.37. The van der Waals surface area contributed by atoms with E-state index in [1.807, 2.05) is 6.92 Å². The number of aromatic carboxylic acids is 1. The smallest absolute Gasteiger partial charge is 0.345 e. The van der Waals surface area contributed by atoms with E-state index in [1.165, 1.54) is 11.3 Å². The third kappa shape index (κ3) is 3.19. The molecule has 0 bridgehead atoms. The van der Waals surface area contributed by atoms with E-state index in [4.69, 9.17) is 9.84 Å². The number of amides is 1. The summed E-state index contributed by atoms with van der Waals surface area (Å²) in [6, 6.07) is 3.29. The molecule has 2 rings (SSSR count). The summed E-state index contributed by atoms with van der Waals surface area (Å²) in [7, 11) is 0. The van der Waals surface area contributed by atoms with E-state index >= 15 is 0 Å². The van der Waals surface area contributed by atoms with E-state index in [9.17, 15) is 9.59 Å². The highest BCUT2D eigenvalue weighted by atomic mass is 32.1. The van der Waals surface area contributed by atoms with Crippen LogP contribution in [0.3, 0.4) is 0 Å². The van der Waals surface area contributed by atoms with E-state index in [1.54, 1.807) is 12.1 Å². The minimum absolute atomic E-state index is 0.0814. The van der Waals surface area contributed by atoms with E-state index < -0.39 is 11.6 Å². The molecule has 0 aromatic carbocycles. The Bertz CT molecular complexity index is 491. The maximum absolute atomic E-state index is 12.3. The summed E-state index contributed by atoms with van der Waals surface area (Å²) >= 11 is 1.18. The molecule has 110 valence electrons. The third-order valence-electron chi connectivity index (χ3n) is 3.54. The van der Waals surface area contributed by atoms with Crippen LogP contribution in [-0.2, 0) is 16.1 Å². The summed E-state index contributed by atoms with van der Waals surface area (Å²) in [6.07, 6.45) is 3.54. The van der Waals surface area contributed by atoms with E-state index in [-0.39, 0.29) is 10.8 Å². The SMILES string of the molecule is CCOC1(C(=O)NCc2ccc(C(=O)O)s2)CCCC1. The highest BCUT2D eigenvalue weighted by Crippen LogP contribution is 2.33. The van der Waals surface area contributed by atoms with Crippen molar-refractivity contribution in [2.75, 3.05) is 6.61 Å². The molecule has 1 aromatic heterocycles. The fraction of sp³-hybridized carbons (Fsp3) is 0.571. The van der Waals surface area contributed by atoms with Crippen LogP contribution < -0.4 is 5.32 Å². The van der Waals surface area contributed by atoms with Gasteiger partial charge in [0, 0.05) is 11.5 Å². The number of hydrogen-bond donors (Lipinski definition) is 2. The fourth-order valence-corrected chi connectivity index (χ4v) is 3.36. The number of hydrogen-bond acceptors (Lipinski definition) is 4. The molecule has 1 heterocycles. The van der Waals surface area contributed by atoms with Gasteiger partial charge >= 0.3 is 5.97 Å². The van der Waals surface area contributed by atoms with Crippen LogP contribution in [0.15, 0.2) is 12.1 Å². The van der Waals surface area contributed by atoms with E-state index in [0.717, 1.165) is 30.6 Å². The van der Waals surface area contributed by atoms with Crippen molar-refractivity contribution in [3.63, 3.8) is 0 Å². The van der Waals surface area contributed by atoms with Gasteiger partial charge in [0.15, 0.2) is 0 Å². The molecule has 0 unspecified atom stereocenters. The molecule has 1 aliphatic rings. The zero-order chi connectivity index (χ0) is 14.6. The van der Waals surface area contributed by atoms with Crippen LogP contribution in [0.2, 0.25) is 0 Å². The molecule has 5 nitrogen and oxygen atoms in total.